The van der Waals surface area contributed by atoms with Crippen molar-refractivity contribution < 1.29 is 9.53 Å². The van der Waals surface area contributed by atoms with Crippen LogP contribution in [0.25, 0.3) is 10.9 Å². The number of pyridine rings is 1. The average Bonchev–Trinajstić information content (AvgIpc) is 2.26. The Morgan fingerprint density at radius 3 is 2.80 bits per heavy atom. The van der Waals surface area contributed by atoms with Crippen molar-refractivity contribution in [2.24, 2.45) is 0 Å². The number of ether oxygens (including phenoxy) is 1. The van der Waals surface area contributed by atoms with Crippen molar-refractivity contribution in [2.75, 3.05) is 7.11 Å². The van der Waals surface area contributed by atoms with Gasteiger partial charge in [0.25, 0.3) is 0 Å². The first kappa shape index (κ1) is 9.65. The zero-order chi connectivity index (χ0) is 10.8. The molecular formula is C12H11NO2. The van der Waals surface area contributed by atoms with Crippen LogP contribution in [0.4, 0.5) is 0 Å². The van der Waals surface area contributed by atoms with Gasteiger partial charge in [-0.15, -0.1) is 0 Å². The van der Waals surface area contributed by atoms with Crippen molar-refractivity contribution in [1.29, 1.82) is 0 Å². The number of hydrogen-bond donors (Lipinski definition) is 0. The number of aryl methyl sites for hydroxylation is 1. The SMILES string of the molecule is COc1cc(C=O)nc2cc(C)ccc12. The standard InChI is InChI=1S/C12H11NO2/c1-8-3-4-10-11(5-8)13-9(7-14)6-12(10)15-2/h3-7H,1-2H3. The highest BCUT2D eigenvalue weighted by Gasteiger charge is 2.05. The van der Waals surface area contributed by atoms with Crippen LogP contribution in [-0.2, 0) is 0 Å². The lowest BCUT2D eigenvalue weighted by Gasteiger charge is -2.06. The van der Waals surface area contributed by atoms with Crippen molar-refractivity contribution in [3.05, 3.63) is 35.5 Å². The summed E-state index contributed by atoms with van der Waals surface area (Å²) in [5, 5.41) is 0.925. The van der Waals surface area contributed by atoms with Crippen LogP contribution in [0.1, 0.15) is 16.1 Å². The number of benzene rings is 1. The summed E-state index contributed by atoms with van der Waals surface area (Å²) in [6, 6.07) is 7.52. The summed E-state index contributed by atoms with van der Waals surface area (Å²) in [6.45, 7) is 1.99. The van der Waals surface area contributed by atoms with Gasteiger partial charge < -0.3 is 4.74 Å². The molecule has 76 valence electrons. The smallest absolute Gasteiger partial charge is 0.168 e. The molecule has 0 N–H and O–H groups in total. The lowest BCUT2D eigenvalue weighted by molar-refractivity contribution is 0.111. The van der Waals surface area contributed by atoms with Crippen LogP contribution < -0.4 is 4.74 Å². The fourth-order valence-corrected chi connectivity index (χ4v) is 1.56. The first-order chi connectivity index (χ1) is 7.24. The number of hydrogen-bond acceptors (Lipinski definition) is 3. The van der Waals surface area contributed by atoms with Gasteiger partial charge in [0.2, 0.25) is 0 Å². The van der Waals surface area contributed by atoms with Gasteiger partial charge in [0.1, 0.15) is 11.4 Å². The normalized spacial score (nSPS) is 10.3. The van der Waals surface area contributed by atoms with E-state index in [9.17, 15) is 4.79 Å². The minimum absolute atomic E-state index is 0.393. The summed E-state index contributed by atoms with van der Waals surface area (Å²) in [7, 11) is 1.59. The fourth-order valence-electron chi connectivity index (χ4n) is 1.56. The van der Waals surface area contributed by atoms with E-state index >= 15 is 0 Å². The maximum Gasteiger partial charge on any atom is 0.168 e. The Morgan fingerprint density at radius 1 is 1.33 bits per heavy atom. The van der Waals surface area contributed by atoms with Crippen LogP contribution >= 0.6 is 0 Å². The average molecular weight is 201 g/mol. The molecule has 1 aromatic heterocycles. The molecule has 2 rings (SSSR count). The minimum atomic E-state index is 0.393. The van der Waals surface area contributed by atoms with Crippen molar-refractivity contribution in [1.82, 2.24) is 4.98 Å². The third-order valence-electron chi connectivity index (χ3n) is 2.29. The Hall–Kier alpha value is -1.90. The van der Waals surface area contributed by atoms with Crippen molar-refractivity contribution in [2.45, 2.75) is 6.92 Å². The van der Waals surface area contributed by atoms with Gasteiger partial charge in [-0.2, -0.15) is 0 Å². The number of aldehydes is 1. The molecule has 0 amide bonds. The van der Waals surface area contributed by atoms with E-state index < -0.39 is 0 Å². The summed E-state index contributed by atoms with van der Waals surface area (Å²) >= 11 is 0. The Bertz CT molecular complexity index is 520. The van der Waals surface area contributed by atoms with Crippen molar-refractivity contribution in [3.63, 3.8) is 0 Å². The first-order valence-electron chi connectivity index (χ1n) is 4.65. The number of carbonyl (C=O) groups excluding carboxylic acids is 1. The van der Waals surface area contributed by atoms with Gasteiger partial charge in [-0.05, 0) is 24.6 Å². The molecule has 15 heavy (non-hydrogen) atoms. The van der Waals surface area contributed by atoms with Gasteiger partial charge in [0.05, 0.1) is 12.6 Å². The van der Waals surface area contributed by atoms with E-state index in [1.54, 1.807) is 13.2 Å². The summed E-state index contributed by atoms with van der Waals surface area (Å²) in [5.41, 5.74) is 2.29. The van der Waals surface area contributed by atoms with Gasteiger partial charge in [0, 0.05) is 11.5 Å². The minimum Gasteiger partial charge on any atom is -0.496 e. The lowest BCUT2D eigenvalue weighted by atomic mass is 10.1. The molecule has 0 saturated carbocycles. The lowest BCUT2D eigenvalue weighted by Crippen LogP contribution is -1.93. The summed E-state index contributed by atoms with van der Waals surface area (Å²) < 4.78 is 5.21. The van der Waals surface area contributed by atoms with Crippen LogP contribution in [0.15, 0.2) is 24.3 Å². The van der Waals surface area contributed by atoms with Gasteiger partial charge >= 0.3 is 0 Å². The molecule has 0 atom stereocenters. The Morgan fingerprint density at radius 2 is 2.13 bits per heavy atom. The Labute approximate surface area is 87.7 Å². The van der Waals surface area contributed by atoms with Gasteiger partial charge in [-0.3, -0.25) is 4.79 Å². The number of aromatic nitrogens is 1. The quantitative estimate of drug-likeness (QED) is 0.700. The monoisotopic (exact) mass is 201 g/mol. The van der Waals surface area contributed by atoms with Crippen molar-refractivity contribution in [3.8, 4) is 5.75 Å². The molecule has 0 spiro atoms. The largest absolute Gasteiger partial charge is 0.496 e. The molecule has 0 fully saturated rings. The number of carbonyl (C=O) groups is 1. The second-order valence-corrected chi connectivity index (χ2v) is 3.39. The predicted molar refractivity (Wildman–Crippen MR) is 58.4 cm³/mol. The molecule has 3 nitrogen and oxygen atoms in total. The third kappa shape index (κ3) is 1.68. The number of methoxy groups -OCH3 is 1. The molecule has 0 unspecified atom stereocenters. The topological polar surface area (TPSA) is 39.2 Å². The highest BCUT2D eigenvalue weighted by Crippen LogP contribution is 2.25. The highest BCUT2D eigenvalue weighted by molar-refractivity contribution is 5.89. The van der Waals surface area contributed by atoms with E-state index in [1.165, 1.54) is 0 Å². The zero-order valence-electron chi connectivity index (χ0n) is 8.65. The molecule has 0 aliphatic heterocycles. The van der Waals surface area contributed by atoms with Gasteiger partial charge in [-0.1, -0.05) is 6.07 Å². The zero-order valence-corrected chi connectivity index (χ0v) is 8.65. The second kappa shape index (κ2) is 3.69. The van der Waals surface area contributed by atoms with Crippen LogP contribution in [0.2, 0.25) is 0 Å². The molecule has 3 heteroatoms. The number of nitrogens with zero attached hydrogens (tertiary/aromatic N) is 1. The van der Waals surface area contributed by atoms with Crippen LogP contribution in [0.3, 0.4) is 0 Å². The van der Waals surface area contributed by atoms with Gasteiger partial charge in [-0.25, -0.2) is 4.98 Å². The van der Waals surface area contributed by atoms with E-state index in [0.29, 0.717) is 11.4 Å². The third-order valence-corrected chi connectivity index (χ3v) is 2.29. The van der Waals surface area contributed by atoms with Gasteiger partial charge in [0.15, 0.2) is 6.29 Å². The van der Waals surface area contributed by atoms with E-state index in [0.717, 1.165) is 22.8 Å². The summed E-state index contributed by atoms with van der Waals surface area (Å²) in [5.74, 6) is 0.682. The number of rotatable bonds is 2. The van der Waals surface area contributed by atoms with E-state index in [2.05, 4.69) is 4.98 Å². The van der Waals surface area contributed by atoms with Crippen molar-refractivity contribution >= 4 is 17.2 Å². The fraction of sp³-hybridized carbons (Fsp3) is 0.167. The van der Waals surface area contributed by atoms with E-state index in [1.807, 2.05) is 25.1 Å². The second-order valence-electron chi connectivity index (χ2n) is 3.39. The summed E-state index contributed by atoms with van der Waals surface area (Å²) in [6.07, 6.45) is 0.726. The molecule has 0 aliphatic carbocycles. The molecule has 0 aliphatic rings. The Kier molecular flexibility index (Phi) is 2.37. The van der Waals surface area contributed by atoms with E-state index in [-0.39, 0.29) is 0 Å². The predicted octanol–water partition coefficient (Wildman–Crippen LogP) is 2.36. The summed E-state index contributed by atoms with van der Waals surface area (Å²) in [4.78, 5) is 14.9. The molecule has 0 radical (unpaired) electrons. The van der Waals surface area contributed by atoms with Crippen LogP contribution in [0, 0.1) is 6.92 Å². The highest BCUT2D eigenvalue weighted by atomic mass is 16.5. The van der Waals surface area contributed by atoms with Crippen LogP contribution in [-0.4, -0.2) is 18.4 Å². The molecule has 1 aromatic carbocycles. The molecule has 0 bridgehead atoms. The van der Waals surface area contributed by atoms with Crippen LogP contribution in [0.5, 0.6) is 5.75 Å². The maximum atomic E-state index is 10.7. The first-order valence-corrected chi connectivity index (χ1v) is 4.65. The van der Waals surface area contributed by atoms with E-state index in [4.69, 9.17) is 4.74 Å². The Balaban J connectivity index is 2.80. The molecule has 0 saturated heterocycles. The molecule has 2 aromatic rings. The maximum absolute atomic E-state index is 10.7. The molecule has 1 heterocycles. The number of fused-ring (bicyclic) bond motifs is 1. The molecular weight excluding hydrogens is 190 g/mol.